The van der Waals surface area contributed by atoms with Crippen LogP contribution in [0.15, 0.2) is 78.9 Å². The number of phenolic OH excluding ortho intramolecular Hbond substituents is 1. The van der Waals surface area contributed by atoms with E-state index in [0.29, 0.717) is 63.7 Å². The van der Waals surface area contributed by atoms with Crippen molar-refractivity contribution < 1.29 is 19.4 Å². The molecule has 0 aliphatic heterocycles. The number of Topliss-reactive ketones (excluding diaryl/α,β-unsaturated/α-hetero) is 1. The molecule has 0 unspecified atom stereocenters. The molecule has 0 atom stereocenters. The molecule has 1 aromatic heterocycles. The highest BCUT2D eigenvalue weighted by Crippen LogP contribution is 2.20. The summed E-state index contributed by atoms with van der Waals surface area (Å²) in [7, 11) is 0. The van der Waals surface area contributed by atoms with Gasteiger partial charge in [0.2, 0.25) is 17.8 Å². The number of ether oxygens (including phenoxy) is 2. The Hall–Kier alpha value is -4.54. The van der Waals surface area contributed by atoms with E-state index in [1.807, 2.05) is 61.5 Å². The van der Waals surface area contributed by atoms with Gasteiger partial charge in [0.25, 0.3) is 0 Å². The van der Waals surface area contributed by atoms with Crippen molar-refractivity contribution in [2.75, 3.05) is 48.9 Å². The maximum absolute atomic E-state index is 12.2. The lowest BCUT2D eigenvalue weighted by atomic mass is 10.0. The van der Waals surface area contributed by atoms with Crippen molar-refractivity contribution in [3.8, 4) is 5.75 Å². The van der Waals surface area contributed by atoms with Crippen molar-refractivity contribution in [1.82, 2.24) is 15.0 Å². The van der Waals surface area contributed by atoms with E-state index in [2.05, 4.69) is 30.9 Å². The molecule has 0 spiro atoms. The van der Waals surface area contributed by atoms with Crippen molar-refractivity contribution in [1.29, 1.82) is 0 Å². The Balaban J connectivity index is 1.18. The van der Waals surface area contributed by atoms with Crippen molar-refractivity contribution >= 4 is 35.0 Å². The molecule has 10 heteroatoms. The van der Waals surface area contributed by atoms with Crippen LogP contribution >= 0.6 is 0 Å². The quantitative estimate of drug-likeness (QED) is 0.0820. The maximum atomic E-state index is 12.2. The summed E-state index contributed by atoms with van der Waals surface area (Å²) < 4.78 is 11.2. The SMILES string of the molecule is Cc1cccc(C(=O)CCCOCCOCCNc2nc(Nc3ccccc3)nc(Nc3ccc(O)cc3)n2)c1. The van der Waals surface area contributed by atoms with Gasteiger partial charge in [-0.05, 0) is 55.8 Å². The third-order valence-electron chi connectivity index (χ3n) is 5.72. The maximum Gasteiger partial charge on any atom is 0.233 e. The van der Waals surface area contributed by atoms with Gasteiger partial charge >= 0.3 is 0 Å². The van der Waals surface area contributed by atoms with E-state index in [4.69, 9.17) is 9.47 Å². The van der Waals surface area contributed by atoms with Crippen molar-refractivity contribution in [2.24, 2.45) is 0 Å². The number of nitrogens with zero attached hydrogens (tertiary/aromatic N) is 3. The van der Waals surface area contributed by atoms with E-state index in [-0.39, 0.29) is 11.5 Å². The van der Waals surface area contributed by atoms with Gasteiger partial charge in [0.1, 0.15) is 5.75 Å². The molecule has 4 aromatic rings. The molecular weight excluding hydrogens is 508 g/mol. The molecule has 0 amide bonds. The van der Waals surface area contributed by atoms with Crippen molar-refractivity contribution in [3.05, 3.63) is 90.0 Å². The fraction of sp³-hybridized carbons (Fsp3) is 0.267. The molecule has 0 fully saturated rings. The average molecular weight is 543 g/mol. The van der Waals surface area contributed by atoms with E-state index in [1.54, 1.807) is 24.3 Å². The van der Waals surface area contributed by atoms with Crippen LogP contribution in [-0.2, 0) is 9.47 Å². The third-order valence-corrected chi connectivity index (χ3v) is 5.72. The second-order valence-corrected chi connectivity index (χ2v) is 9.02. The molecule has 4 rings (SSSR count). The molecular formula is C30H34N6O4. The number of aryl methyl sites for hydroxylation is 1. The molecule has 0 saturated carbocycles. The number of nitrogens with one attached hydrogen (secondary N) is 3. The topological polar surface area (TPSA) is 131 Å². The van der Waals surface area contributed by atoms with Gasteiger partial charge in [-0.15, -0.1) is 0 Å². The van der Waals surface area contributed by atoms with Crippen LogP contribution in [0.1, 0.15) is 28.8 Å². The molecule has 40 heavy (non-hydrogen) atoms. The molecule has 1 heterocycles. The number of benzene rings is 3. The largest absolute Gasteiger partial charge is 0.508 e. The van der Waals surface area contributed by atoms with Gasteiger partial charge in [-0.3, -0.25) is 4.79 Å². The van der Waals surface area contributed by atoms with E-state index in [1.165, 1.54) is 0 Å². The number of hydrogen-bond donors (Lipinski definition) is 4. The Labute approximate surface area is 233 Å². The molecule has 0 aliphatic carbocycles. The van der Waals surface area contributed by atoms with E-state index in [9.17, 15) is 9.90 Å². The third kappa shape index (κ3) is 9.64. The van der Waals surface area contributed by atoms with Gasteiger partial charge in [-0.1, -0.05) is 42.0 Å². The first-order valence-electron chi connectivity index (χ1n) is 13.2. The number of carbonyl (C=O) groups is 1. The predicted molar refractivity (Wildman–Crippen MR) is 156 cm³/mol. The summed E-state index contributed by atoms with van der Waals surface area (Å²) in [6.45, 7) is 4.31. The van der Waals surface area contributed by atoms with Gasteiger partial charge in [0, 0.05) is 36.5 Å². The van der Waals surface area contributed by atoms with Crippen molar-refractivity contribution in [3.63, 3.8) is 0 Å². The highest BCUT2D eigenvalue weighted by molar-refractivity contribution is 5.96. The second-order valence-electron chi connectivity index (χ2n) is 9.02. The molecule has 0 radical (unpaired) electrons. The second kappa shape index (κ2) is 15.2. The predicted octanol–water partition coefficient (Wildman–Crippen LogP) is 5.48. The van der Waals surface area contributed by atoms with Gasteiger partial charge in [0.05, 0.1) is 19.8 Å². The van der Waals surface area contributed by atoms with Crippen LogP contribution in [-0.4, -0.2) is 58.8 Å². The zero-order valence-corrected chi connectivity index (χ0v) is 22.5. The van der Waals surface area contributed by atoms with Crippen LogP contribution in [0.4, 0.5) is 29.2 Å². The fourth-order valence-corrected chi connectivity index (χ4v) is 3.75. The van der Waals surface area contributed by atoms with Gasteiger partial charge in [0.15, 0.2) is 5.78 Å². The number of hydrogen-bond acceptors (Lipinski definition) is 10. The Morgan fingerprint density at radius 1 is 0.750 bits per heavy atom. The van der Waals surface area contributed by atoms with Crippen LogP contribution in [0.5, 0.6) is 5.75 Å². The summed E-state index contributed by atoms with van der Waals surface area (Å²) in [6.07, 6.45) is 1.14. The number of rotatable bonds is 16. The first-order valence-corrected chi connectivity index (χ1v) is 13.2. The first-order chi connectivity index (χ1) is 19.5. The lowest BCUT2D eigenvalue weighted by Gasteiger charge is -2.12. The molecule has 0 aliphatic rings. The Morgan fingerprint density at radius 2 is 1.40 bits per heavy atom. The molecule has 3 aromatic carbocycles. The minimum absolute atomic E-state index is 0.136. The summed E-state index contributed by atoms with van der Waals surface area (Å²) in [4.78, 5) is 25.6. The monoisotopic (exact) mass is 542 g/mol. The van der Waals surface area contributed by atoms with Gasteiger partial charge < -0.3 is 30.5 Å². The van der Waals surface area contributed by atoms with Crippen LogP contribution in [0, 0.1) is 6.92 Å². The number of para-hydroxylation sites is 1. The molecule has 0 saturated heterocycles. The van der Waals surface area contributed by atoms with E-state index in [0.717, 1.165) is 22.5 Å². The average Bonchev–Trinajstić information content (AvgIpc) is 2.95. The zero-order chi connectivity index (χ0) is 28.0. The minimum Gasteiger partial charge on any atom is -0.508 e. The fourth-order valence-electron chi connectivity index (χ4n) is 3.75. The van der Waals surface area contributed by atoms with Gasteiger partial charge in [-0.25, -0.2) is 0 Å². The number of aromatic hydroxyl groups is 1. The summed E-state index contributed by atoms with van der Waals surface area (Å²) in [6, 6.07) is 23.9. The van der Waals surface area contributed by atoms with Crippen LogP contribution < -0.4 is 16.0 Å². The van der Waals surface area contributed by atoms with Crippen LogP contribution in [0.25, 0.3) is 0 Å². The molecule has 208 valence electrons. The summed E-state index contributed by atoms with van der Waals surface area (Å²) in [5, 5.41) is 19.0. The summed E-state index contributed by atoms with van der Waals surface area (Å²) in [5.41, 5.74) is 3.40. The number of ketones is 1. The zero-order valence-electron chi connectivity index (χ0n) is 22.5. The number of phenols is 1. The van der Waals surface area contributed by atoms with E-state index < -0.39 is 0 Å². The summed E-state index contributed by atoms with van der Waals surface area (Å²) >= 11 is 0. The Kier molecular flexibility index (Phi) is 10.8. The van der Waals surface area contributed by atoms with E-state index >= 15 is 0 Å². The molecule has 0 bridgehead atoms. The lowest BCUT2D eigenvalue weighted by Crippen LogP contribution is -2.15. The Morgan fingerprint density at radius 3 is 2.10 bits per heavy atom. The lowest BCUT2D eigenvalue weighted by molar-refractivity contribution is 0.0497. The Bertz CT molecular complexity index is 1350. The van der Waals surface area contributed by atoms with Crippen LogP contribution in [0.3, 0.4) is 0 Å². The minimum atomic E-state index is 0.136. The van der Waals surface area contributed by atoms with Gasteiger partial charge in [-0.2, -0.15) is 15.0 Å². The first kappa shape index (κ1) is 28.5. The number of anilines is 5. The highest BCUT2D eigenvalue weighted by atomic mass is 16.5. The van der Waals surface area contributed by atoms with Crippen molar-refractivity contribution in [2.45, 2.75) is 19.8 Å². The number of aromatic nitrogens is 3. The molecule has 10 nitrogen and oxygen atoms in total. The van der Waals surface area contributed by atoms with Crippen LogP contribution in [0.2, 0.25) is 0 Å². The smallest absolute Gasteiger partial charge is 0.233 e. The highest BCUT2D eigenvalue weighted by Gasteiger charge is 2.08. The standard InChI is InChI=1S/C30H34N6O4/c1-22-7-5-8-23(21-22)27(38)11-6-17-39-19-20-40-18-16-31-28-34-29(32-24-9-3-2-4-10-24)36-30(35-28)33-25-12-14-26(37)15-13-25/h2-5,7-10,12-15,21,37H,6,11,16-20H2,1H3,(H3,31,32,33,34,35,36). The molecule has 4 N–H and O–H groups in total. The normalized spacial score (nSPS) is 10.7. The number of carbonyl (C=O) groups excluding carboxylic acids is 1. The summed E-state index contributed by atoms with van der Waals surface area (Å²) in [5.74, 6) is 1.41.